The second kappa shape index (κ2) is 5.43. The molecular formula is C7H14N2OS. The van der Waals surface area contributed by atoms with E-state index in [1.807, 2.05) is 0 Å². The van der Waals surface area contributed by atoms with Crippen LogP contribution in [-0.2, 0) is 4.74 Å². The van der Waals surface area contributed by atoms with Gasteiger partial charge in [0, 0.05) is 26.0 Å². The maximum atomic E-state index is 4.91. The first-order chi connectivity index (χ1) is 5.43. The molecule has 4 heteroatoms. The molecule has 0 radical (unpaired) electrons. The summed E-state index contributed by atoms with van der Waals surface area (Å²) >= 11 is 1.80. The fourth-order valence-corrected chi connectivity index (χ4v) is 1.68. The number of nitrogens with one attached hydrogen (secondary N) is 1. The van der Waals surface area contributed by atoms with E-state index in [1.165, 1.54) is 12.2 Å². The van der Waals surface area contributed by atoms with Crippen LogP contribution in [0.2, 0.25) is 0 Å². The third-order valence-corrected chi connectivity index (χ3v) is 2.42. The summed E-state index contributed by atoms with van der Waals surface area (Å²) in [4.78, 5) is 4.31. The van der Waals surface area contributed by atoms with Crippen LogP contribution in [0.3, 0.4) is 0 Å². The molecule has 0 aliphatic carbocycles. The highest BCUT2D eigenvalue weighted by Gasteiger charge is 2.03. The number of rotatable bonds is 3. The van der Waals surface area contributed by atoms with Crippen molar-refractivity contribution in [3.8, 4) is 0 Å². The lowest BCUT2D eigenvalue weighted by Crippen LogP contribution is -2.26. The molecule has 0 amide bonds. The SMILES string of the molecule is COCCNC1=NCCCS1. The van der Waals surface area contributed by atoms with Gasteiger partial charge in [-0.25, -0.2) is 0 Å². The number of aliphatic imine (C=N–C) groups is 1. The Bertz CT molecular complexity index is 138. The molecule has 0 aromatic carbocycles. The molecule has 0 unspecified atom stereocenters. The van der Waals surface area contributed by atoms with Gasteiger partial charge in [0.15, 0.2) is 5.17 Å². The Balaban J connectivity index is 2.09. The van der Waals surface area contributed by atoms with E-state index in [4.69, 9.17) is 4.74 Å². The molecule has 0 spiro atoms. The Morgan fingerprint density at radius 1 is 1.73 bits per heavy atom. The fraction of sp³-hybridized carbons (Fsp3) is 0.857. The molecule has 3 nitrogen and oxygen atoms in total. The zero-order valence-corrected chi connectivity index (χ0v) is 7.62. The first-order valence-corrected chi connectivity index (χ1v) is 4.82. The molecule has 0 bridgehead atoms. The average Bonchev–Trinajstić information content (AvgIpc) is 2.07. The number of thioether (sulfide) groups is 1. The molecule has 11 heavy (non-hydrogen) atoms. The number of hydrogen-bond donors (Lipinski definition) is 1. The van der Waals surface area contributed by atoms with Crippen LogP contribution in [-0.4, -0.2) is 37.7 Å². The van der Waals surface area contributed by atoms with Gasteiger partial charge < -0.3 is 10.1 Å². The molecule has 1 aliphatic heterocycles. The summed E-state index contributed by atoms with van der Waals surface area (Å²) in [5, 5.41) is 4.29. The Labute approximate surface area is 71.6 Å². The monoisotopic (exact) mass is 174 g/mol. The number of methoxy groups -OCH3 is 1. The van der Waals surface area contributed by atoms with E-state index in [9.17, 15) is 0 Å². The third-order valence-electron chi connectivity index (χ3n) is 1.38. The van der Waals surface area contributed by atoms with Gasteiger partial charge >= 0.3 is 0 Å². The molecule has 0 saturated heterocycles. The summed E-state index contributed by atoms with van der Waals surface area (Å²) in [6.07, 6.45) is 1.21. The minimum Gasteiger partial charge on any atom is -0.383 e. The van der Waals surface area contributed by atoms with Gasteiger partial charge in [-0.05, 0) is 6.42 Å². The average molecular weight is 174 g/mol. The second-order valence-electron chi connectivity index (χ2n) is 2.31. The van der Waals surface area contributed by atoms with E-state index >= 15 is 0 Å². The van der Waals surface area contributed by atoms with Crippen LogP contribution >= 0.6 is 11.8 Å². The largest absolute Gasteiger partial charge is 0.383 e. The highest BCUT2D eigenvalue weighted by atomic mass is 32.2. The molecule has 64 valence electrons. The van der Waals surface area contributed by atoms with E-state index in [2.05, 4.69) is 10.3 Å². The van der Waals surface area contributed by atoms with Crippen molar-refractivity contribution in [1.82, 2.24) is 5.32 Å². The van der Waals surface area contributed by atoms with E-state index in [1.54, 1.807) is 18.9 Å². The molecule has 0 aromatic heterocycles. The molecule has 1 rings (SSSR count). The Hall–Kier alpha value is -0.220. The molecule has 0 aromatic rings. The second-order valence-corrected chi connectivity index (χ2v) is 3.39. The lowest BCUT2D eigenvalue weighted by molar-refractivity contribution is 0.204. The van der Waals surface area contributed by atoms with E-state index < -0.39 is 0 Å². The minimum atomic E-state index is 0.750. The van der Waals surface area contributed by atoms with Crippen LogP contribution in [0.15, 0.2) is 4.99 Å². The molecule has 0 fully saturated rings. The summed E-state index contributed by atoms with van der Waals surface area (Å²) in [6.45, 7) is 2.59. The first-order valence-electron chi connectivity index (χ1n) is 3.83. The van der Waals surface area contributed by atoms with Gasteiger partial charge in [0.05, 0.1) is 6.61 Å². The van der Waals surface area contributed by atoms with Crippen molar-refractivity contribution < 1.29 is 4.74 Å². The standard InChI is InChI=1S/C7H14N2OS/c1-10-5-4-9-7-8-3-2-6-11-7/h2-6H2,1H3,(H,8,9). The zero-order chi connectivity index (χ0) is 7.94. The normalized spacial score (nSPS) is 17.7. The quantitative estimate of drug-likeness (QED) is 0.640. The topological polar surface area (TPSA) is 33.6 Å². The van der Waals surface area contributed by atoms with E-state index in [-0.39, 0.29) is 0 Å². The van der Waals surface area contributed by atoms with Crippen LogP contribution in [0, 0.1) is 0 Å². The predicted molar refractivity (Wildman–Crippen MR) is 49.3 cm³/mol. The summed E-state index contributed by atoms with van der Waals surface area (Å²) in [5.41, 5.74) is 0. The van der Waals surface area contributed by atoms with Crippen molar-refractivity contribution in [2.24, 2.45) is 4.99 Å². The number of nitrogens with zero attached hydrogens (tertiary/aromatic N) is 1. The zero-order valence-electron chi connectivity index (χ0n) is 6.80. The number of ether oxygens (including phenoxy) is 1. The number of amidine groups is 1. The highest BCUT2D eigenvalue weighted by Crippen LogP contribution is 2.09. The smallest absolute Gasteiger partial charge is 0.156 e. The minimum absolute atomic E-state index is 0.750. The molecule has 1 N–H and O–H groups in total. The molecule has 0 atom stereocenters. The van der Waals surface area contributed by atoms with Crippen molar-refractivity contribution in [2.45, 2.75) is 6.42 Å². The Morgan fingerprint density at radius 3 is 3.27 bits per heavy atom. The maximum absolute atomic E-state index is 4.91. The van der Waals surface area contributed by atoms with Gasteiger partial charge in [0.2, 0.25) is 0 Å². The van der Waals surface area contributed by atoms with Crippen LogP contribution in [0.5, 0.6) is 0 Å². The van der Waals surface area contributed by atoms with Crippen LogP contribution in [0.25, 0.3) is 0 Å². The molecule has 1 aliphatic rings. The lowest BCUT2D eigenvalue weighted by atomic mass is 10.5. The van der Waals surface area contributed by atoms with Crippen molar-refractivity contribution in [3.63, 3.8) is 0 Å². The summed E-state index contributed by atoms with van der Waals surface area (Å²) in [6, 6.07) is 0. The first kappa shape index (κ1) is 8.87. The van der Waals surface area contributed by atoms with Crippen molar-refractivity contribution in [3.05, 3.63) is 0 Å². The highest BCUT2D eigenvalue weighted by molar-refractivity contribution is 8.13. The van der Waals surface area contributed by atoms with Crippen LogP contribution in [0.1, 0.15) is 6.42 Å². The van der Waals surface area contributed by atoms with Gasteiger partial charge in [-0.2, -0.15) is 0 Å². The third kappa shape index (κ3) is 3.62. The van der Waals surface area contributed by atoms with Gasteiger partial charge in [-0.1, -0.05) is 11.8 Å². The van der Waals surface area contributed by atoms with Crippen molar-refractivity contribution in [1.29, 1.82) is 0 Å². The lowest BCUT2D eigenvalue weighted by Gasteiger charge is -2.12. The summed E-state index contributed by atoms with van der Waals surface area (Å²) in [5.74, 6) is 1.19. The van der Waals surface area contributed by atoms with Crippen LogP contribution < -0.4 is 5.32 Å². The maximum Gasteiger partial charge on any atom is 0.156 e. The Morgan fingerprint density at radius 2 is 2.64 bits per heavy atom. The van der Waals surface area contributed by atoms with Gasteiger partial charge in [-0.15, -0.1) is 0 Å². The van der Waals surface area contributed by atoms with E-state index in [0.717, 1.165) is 24.9 Å². The van der Waals surface area contributed by atoms with E-state index in [0.29, 0.717) is 0 Å². The van der Waals surface area contributed by atoms with Gasteiger partial charge in [0.1, 0.15) is 0 Å². The predicted octanol–water partition coefficient (Wildman–Crippen LogP) is 0.715. The molecular weight excluding hydrogens is 160 g/mol. The van der Waals surface area contributed by atoms with Crippen molar-refractivity contribution >= 4 is 16.9 Å². The molecule has 0 saturated carbocycles. The number of hydrogen-bond acceptors (Lipinski definition) is 4. The summed E-state index contributed by atoms with van der Waals surface area (Å²) < 4.78 is 4.91. The Kier molecular flexibility index (Phi) is 4.38. The van der Waals surface area contributed by atoms with Crippen molar-refractivity contribution in [2.75, 3.05) is 32.6 Å². The summed E-state index contributed by atoms with van der Waals surface area (Å²) in [7, 11) is 1.71. The fourth-order valence-electron chi connectivity index (χ4n) is 0.827. The molecule has 1 heterocycles. The van der Waals surface area contributed by atoms with Gasteiger partial charge in [-0.3, -0.25) is 4.99 Å². The van der Waals surface area contributed by atoms with Crippen LogP contribution in [0.4, 0.5) is 0 Å². The van der Waals surface area contributed by atoms with Gasteiger partial charge in [0.25, 0.3) is 0 Å².